The molecule has 0 bridgehead atoms. The average molecular weight is 698 g/mol. The van der Waals surface area contributed by atoms with Crippen LogP contribution >= 0.6 is 0 Å². The van der Waals surface area contributed by atoms with Crippen LogP contribution in [0.25, 0.3) is 0 Å². The van der Waals surface area contributed by atoms with Gasteiger partial charge in [-0.3, -0.25) is 24.5 Å². The van der Waals surface area contributed by atoms with E-state index in [1.807, 2.05) is 107 Å². The van der Waals surface area contributed by atoms with Gasteiger partial charge in [-0.1, -0.05) is 92.7 Å². The Bertz CT molecular complexity index is 1740. The highest BCUT2D eigenvalue weighted by molar-refractivity contribution is 5.96. The number of ketones is 1. The first-order valence-electron chi connectivity index (χ1n) is 17.2. The summed E-state index contributed by atoms with van der Waals surface area (Å²) >= 11 is 0. The molecule has 4 rings (SSSR count). The van der Waals surface area contributed by atoms with Crippen LogP contribution < -0.4 is 15.4 Å². The molecule has 1 aromatic heterocycles. The first-order valence-corrected chi connectivity index (χ1v) is 17.2. The second-order valence-electron chi connectivity index (χ2n) is 13.4. The van der Waals surface area contributed by atoms with Crippen molar-refractivity contribution in [3.63, 3.8) is 0 Å². The normalized spacial score (nSPS) is 13.5. The van der Waals surface area contributed by atoms with Crippen molar-refractivity contribution in [2.45, 2.75) is 78.0 Å². The molecule has 3 aromatic carbocycles. The topological polar surface area (TPSA) is 161 Å². The van der Waals surface area contributed by atoms with Gasteiger partial charge >= 0.3 is 5.88 Å². The third-order valence-corrected chi connectivity index (χ3v) is 8.72. The number of aliphatic hydroxyl groups is 1. The third-order valence-electron chi connectivity index (χ3n) is 8.72. The van der Waals surface area contributed by atoms with Gasteiger partial charge < -0.3 is 24.9 Å². The zero-order chi connectivity index (χ0) is 36.9. The van der Waals surface area contributed by atoms with Crippen LogP contribution in [0.15, 0.2) is 95.4 Å². The van der Waals surface area contributed by atoms with E-state index in [0.29, 0.717) is 25.0 Å². The first-order chi connectivity index (χ1) is 24.4. The van der Waals surface area contributed by atoms with Gasteiger partial charge in [0.2, 0.25) is 0 Å². The van der Waals surface area contributed by atoms with Gasteiger partial charge in [-0.25, -0.2) is 0 Å². The van der Waals surface area contributed by atoms with E-state index in [1.165, 1.54) is 6.07 Å². The Balaban J connectivity index is 1.53. The van der Waals surface area contributed by atoms with Gasteiger partial charge in [-0.05, 0) is 79.7 Å². The molecule has 0 fully saturated rings. The van der Waals surface area contributed by atoms with E-state index >= 15 is 0 Å². The van der Waals surface area contributed by atoms with Crippen LogP contribution in [0.5, 0.6) is 5.75 Å². The first kappa shape index (κ1) is 38.5. The molecule has 0 aliphatic carbocycles. The maximum Gasteiger partial charge on any atom is 0.433 e. The highest BCUT2D eigenvalue weighted by Crippen LogP contribution is 2.25. The van der Waals surface area contributed by atoms with Crippen molar-refractivity contribution < 1.29 is 33.6 Å². The molecular weight excluding hydrogens is 650 g/mol. The third kappa shape index (κ3) is 11.9. The zero-order valence-corrected chi connectivity index (χ0v) is 29.5. The number of hydrogen-bond donors (Lipinski definition) is 3. The molecule has 11 nitrogen and oxygen atoms in total. The van der Waals surface area contributed by atoms with Crippen LogP contribution in [0.4, 0.5) is 5.88 Å². The van der Waals surface area contributed by atoms with Crippen LogP contribution in [0.3, 0.4) is 0 Å². The number of aliphatic hydroxyl groups excluding tert-OH is 1. The number of nitrogens with one attached hydrogen (secondary N) is 2. The quantitative estimate of drug-likeness (QED) is 0.0758. The van der Waals surface area contributed by atoms with E-state index in [4.69, 9.17) is 9.15 Å². The van der Waals surface area contributed by atoms with Crippen LogP contribution in [0, 0.1) is 35.8 Å². The van der Waals surface area contributed by atoms with Gasteiger partial charge in [0.05, 0.1) is 18.2 Å². The summed E-state index contributed by atoms with van der Waals surface area (Å²) in [5.41, 5.74) is 3.74. The Kier molecular flexibility index (Phi) is 14.1. The molecule has 0 saturated carbocycles. The minimum Gasteiger partial charge on any atom is -0.483 e. The van der Waals surface area contributed by atoms with Gasteiger partial charge in [-0.2, -0.15) is 0 Å². The molecule has 51 heavy (non-hydrogen) atoms. The number of rotatable bonds is 19. The summed E-state index contributed by atoms with van der Waals surface area (Å²) < 4.78 is 11.0. The summed E-state index contributed by atoms with van der Waals surface area (Å²) in [5, 5.41) is 28.7. The van der Waals surface area contributed by atoms with Crippen molar-refractivity contribution in [2.24, 2.45) is 11.8 Å². The fraction of sp³-hybridized carbons (Fsp3) is 0.375. The number of carbonyl (C=O) groups is 3. The lowest BCUT2D eigenvalue weighted by Gasteiger charge is -2.29. The Morgan fingerprint density at radius 3 is 2.00 bits per heavy atom. The van der Waals surface area contributed by atoms with Crippen molar-refractivity contribution in [3.8, 4) is 5.75 Å². The van der Waals surface area contributed by atoms with E-state index in [2.05, 4.69) is 10.6 Å². The highest BCUT2D eigenvalue weighted by Gasteiger charge is 2.31. The van der Waals surface area contributed by atoms with Crippen LogP contribution in [-0.4, -0.2) is 52.4 Å². The fourth-order valence-corrected chi connectivity index (χ4v) is 6.19. The molecule has 270 valence electrons. The SMILES string of the molecule is Cc1cccc(C)c1OCC(=O)N[C@@H](Cc1ccccc1)C[C@H](O)[C@@H](CC(=O)[C@H](CC(C)C)NC(=O)c1ccc([N+](=O)[O-])o1)Cc1ccccc1. The summed E-state index contributed by atoms with van der Waals surface area (Å²) in [4.78, 5) is 50.5. The van der Waals surface area contributed by atoms with Crippen LogP contribution in [-0.2, 0) is 22.4 Å². The standard InChI is InChI=1S/C40H47N3O8/c1-26(2)20-33(42-40(47)36-18-19-38(51-36)43(48)49)35(45)23-31(21-29-14-7-5-8-15-29)34(44)24-32(22-30-16-9-6-10-17-30)41-37(46)25-50-39-27(3)12-11-13-28(39)4/h5-19,26,31-34,44H,20-25H2,1-4H3,(H,41,46)(H,42,47)/t31-,32+,33+,34+/m1/s1. The summed E-state index contributed by atoms with van der Waals surface area (Å²) in [5.74, 6) is -2.09. The van der Waals surface area contributed by atoms with Gasteiger partial charge in [0.25, 0.3) is 11.8 Å². The Morgan fingerprint density at radius 2 is 1.43 bits per heavy atom. The minimum absolute atomic E-state index is 0.0267. The lowest BCUT2D eigenvalue weighted by atomic mass is 9.83. The van der Waals surface area contributed by atoms with E-state index in [1.54, 1.807) is 0 Å². The van der Waals surface area contributed by atoms with Gasteiger partial charge in [0.15, 0.2) is 18.2 Å². The average Bonchev–Trinajstić information content (AvgIpc) is 3.59. The number of nitrogens with zero attached hydrogens (tertiary/aromatic N) is 1. The lowest BCUT2D eigenvalue weighted by Crippen LogP contribution is -2.45. The number of Topliss-reactive ketones (excluding diaryl/α,β-unsaturated/α-hetero) is 1. The molecular formula is C40H47N3O8. The summed E-state index contributed by atoms with van der Waals surface area (Å²) in [6, 6.07) is 25.8. The van der Waals surface area contributed by atoms with Crippen LogP contribution in [0.1, 0.15) is 65.9 Å². The van der Waals surface area contributed by atoms with Crippen molar-refractivity contribution in [2.75, 3.05) is 6.61 Å². The second-order valence-corrected chi connectivity index (χ2v) is 13.4. The fourth-order valence-electron chi connectivity index (χ4n) is 6.19. The summed E-state index contributed by atoms with van der Waals surface area (Å²) in [6.45, 7) is 7.48. The number of aryl methyl sites for hydroxylation is 2. The molecule has 0 spiro atoms. The number of hydrogen-bond acceptors (Lipinski definition) is 8. The molecule has 4 aromatic rings. The van der Waals surface area contributed by atoms with Crippen molar-refractivity contribution in [1.82, 2.24) is 10.6 Å². The smallest absolute Gasteiger partial charge is 0.433 e. The van der Waals surface area contributed by atoms with Crippen LogP contribution in [0.2, 0.25) is 0 Å². The summed E-state index contributed by atoms with van der Waals surface area (Å²) in [7, 11) is 0. The molecule has 0 unspecified atom stereocenters. The predicted molar refractivity (Wildman–Crippen MR) is 193 cm³/mol. The number of ether oxygens (including phenoxy) is 1. The second kappa shape index (κ2) is 18.6. The Labute approximate surface area is 298 Å². The van der Waals surface area contributed by atoms with E-state index < -0.39 is 40.8 Å². The molecule has 1 heterocycles. The number of carbonyl (C=O) groups excluding carboxylic acids is 3. The molecule has 0 saturated heterocycles. The highest BCUT2D eigenvalue weighted by atomic mass is 16.6. The Morgan fingerprint density at radius 1 is 0.824 bits per heavy atom. The minimum atomic E-state index is -1.01. The largest absolute Gasteiger partial charge is 0.483 e. The van der Waals surface area contributed by atoms with E-state index in [9.17, 15) is 29.6 Å². The maximum atomic E-state index is 13.9. The number of para-hydroxylation sites is 1. The molecule has 0 radical (unpaired) electrons. The number of benzene rings is 3. The predicted octanol–water partition coefficient (Wildman–Crippen LogP) is 6.32. The van der Waals surface area contributed by atoms with Crippen molar-refractivity contribution >= 4 is 23.5 Å². The summed E-state index contributed by atoms with van der Waals surface area (Å²) in [6.07, 6.45) is 0.224. The lowest BCUT2D eigenvalue weighted by molar-refractivity contribution is -0.402. The monoisotopic (exact) mass is 697 g/mol. The molecule has 0 aliphatic heterocycles. The molecule has 11 heteroatoms. The van der Waals surface area contributed by atoms with E-state index in [0.717, 1.165) is 28.3 Å². The molecule has 0 aliphatic rings. The number of nitro groups is 1. The van der Waals surface area contributed by atoms with E-state index in [-0.39, 0.29) is 42.8 Å². The van der Waals surface area contributed by atoms with Gasteiger partial charge in [0, 0.05) is 12.5 Å². The van der Waals surface area contributed by atoms with Gasteiger partial charge in [-0.15, -0.1) is 0 Å². The maximum absolute atomic E-state index is 13.9. The Hall–Kier alpha value is -5.29. The molecule has 3 N–H and O–H groups in total. The van der Waals surface area contributed by atoms with Crippen molar-refractivity contribution in [3.05, 3.63) is 129 Å². The number of furan rings is 1. The van der Waals surface area contributed by atoms with Crippen molar-refractivity contribution in [1.29, 1.82) is 0 Å². The molecule has 2 amide bonds. The zero-order valence-electron chi connectivity index (χ0n) is 29.5. The van der Waals surface area contributed by atoms with Gasteiger partial charge in [0.1, 0.15) is 10.7 Å². The number of amides is 2. The molecule has 4 atom stereocenters.